The lowest BCUT2D eigenvalue weighted by molar-refractivity contribution is -0.117. The fourth-order valence-corrected chi connectivity index (χ4v) is 1.03. The van der Waals surface area contributed by atoms with Gasteiger partial charge in [0.1, 0.15) is 0 Å². The quantitative estimate of drug-likeness (QED) is 0.759. The van der Waals surface area contributed by atoms with Crippen LogP contribution in [-0.2, 0) is 4.79 Å². The van der Waals surface area contributed by atoms with Gasteiger partial charge in [-0.25, -0.2) is 8.78 Å². The molecule has 0 heterocycles. The van der Waals surface area contributed by atoms with E-state index in [1.807, 2.05) is 0 Å². The van der Waals surface area contributed by atoms with E-state index in [4.69, 9.17) is 12.2 Å². The molecule has 0 aliphatic heterocycles. The third-order valence-corrected chi connectivity index (χ3v) is 1.86. The van der Waals surface area contributed by atoms with Crippen LogP contribution >= 0.6 is 0 Å². The molecule has 0 radical (unpaired) electrons. The summed E-state index contributed by atoms with van der Waals surface area (Å²) in [5.74, 6) is -0.322. The minimum Gasteiger partial charge on any atom is -0.325 e. The van der Waals surface area contributed by atoms with Crippen molar-refractivity contribution in [1.82, 2.24) is 0 Å². The summed E-state index contributed by atoms with van der Waals surface area (Å²) < 4.78 is 25.4. The lowest BCUT2D eigenvalue weighted by Gasteiger charge is -2.09. The number of nitrogens with two attached hydrogens (primary N) is 1. The van der Waals surface area contributed by atoms with Crippen molar-refractivity contribution >= 4 is 11.6 Å². The van der Waals surface area contributed by atoms with Gasteiger partial charge in [-0.05, 0) is 12.1 Å². The van der Waals surface area contributed by atoms with Crippen LogP contribution in [0.5, 0.6) is 0 Å². The number of anilines is 1. The number of nitrogens with one attached hydrogen (secondary N) is 1. The topological polar surface area (TPSA) is 55.1 Å². The van der Waals surface area contributed by atoms with Crippen molar-refractivity contribution in [2.75, 3.05) is 5.32 Å². The van der Waals surface area contributed by atoms with Crippen molar-refractivity contribution in [3.8, 4) is 12.3 Å². The predicted molar refractivity (Wildman–Crippen MR) is 56.4 cm³/mol. The molecule has 0 aromatic heterocycles. The smallest absolute Gasteiger partial charge is 0.242 e. The van der Waals surface area contributed by atoms with Gasteiger partial charge >= 0.3 is 0 Å². The molecule has 0 saturated heterocycles. The predicted octanol–water partition coefficient (Wildman–Crippen LogP) is 1.25. The summed E-state index contributed by atoms with van der Waals surface area (Å²) in [6.07, 6.45) is 5.06. The van der Waals surface area contributed by atoms with Crippen LogP contribution in [0.25, 0.3) is 0 Å². The number of halogens is 2. The molecular formula is C11H10F2N2O. The van der Waals surface area contributed by atoms with Crippen molar-refractivity contribution < 1.29 is 13.6 Å². The van der Waals surface area contributed by atoms with E-state index in [9.17, 15) is 13.6 Å². The van der Waals surface area contributed by atoms with E-state index < -0.39 is 23.6 Å². The molecule has 1 rings (SSSR count). The van der Waals surface area contributed by atoms with Crippen molar-refractivity contribution in [1.29, 1.82) is 0 Å². The fraction of sp³-hybridized carbons (Fsp3) is 0.182. The molecule has 5 heteroatoms. The number of hydrogen-bond acceptors (Lipinski definition) is 2. The zero-order valence-corrected chi connectivity index (χ0v) is 8.34. The second-order valence-electron chi connectivity index (χ2n) is 3.13. The van der Waals surface area contributed by atoms with E-state index in [-0.39, 0.29) is 12.1 Å². The first-order chi connectivity index (χ1) is 7.54. The summed E-state index contributed by atoms with van der Waals surface area (Å²) in [6.45, 7) is 0. The Morgan fingerprint density at radius 2 is 2.19 bits per heavy atom. The average Bonchev–Trinajstić information content (AvgIpc) is 2.24. The Bertz CT molecular complexity index is 440. The van der Waals surface area contributed by atoms with Gasteiger partial charge in [-0.3, -0.25) is 4.79 Å². The maximum absolute atomic E-state index is 12.8. The van der Waals surface area contributed by atoms with Crippen LogP contribution in [0.15, 0.2) is 18.2 Å². The van der Waals surface area contributed by atoms with Crippen LogP contribution in [0.2, 0.25) is 0 Å². The highest BCUT2D eigenvalue weighted by Gasteiger charge is 2.12. The van der Waals surface area contributed by atoms with Crippen LogP contribution < -0.4 is 11.1 Å². The monoisotopic (exact) mass is 224 g/mol. The number of terminal acetylenes is 1. The van der Waals surface area contributed by atoms with Gasteiger partial charge in [-0.2, -0.15) is 0 Å². The SMILES string of the molecule is C#CCC(N)C(=O)Nc1ccc(F)c(F)c1. The van der Waals surface area contributed by atoms with E-state index in [2.05, 4.69) is 11.2 Å². The number of benzene rings is 1. The summed E-state index contributed by atoms with van der Waals surface area (Å²) in [5, 5.41) is 2.33. The lowest BCUT2D eigenvalue weighted by Crippen LogP contribution is -2.35. The van der Waals surface area contributed by atoms with E-state index >= 15 is 0 Å². The van der Waals surface area contributed by atoms with E-state index in [1.165, 1.54) is 6.07 Å². The maximum Gasteiger partial charge on any atom is 0.242 e. The maximum atomic E-state index is 12.8. The number of hydrogen-bond donors (Lipinski definition) is 2. The largest absolute Gasteiger partial charge is 0.325 e. The Hall–Kier alpha value is -1.93. The standard InChI is InChI=1S/C11H10F2N2O/c1-2-3-10(14)11(16)15-7-4-5-8(12)9(13)6-7/h1,4-6,10H,3,14H2,(H,15,16). The molecule has 1 atom stereocenters. The summed E-state index contributed by atoms with van der Waals surface area (Å²) in [4.78, 5) is 11.4. The summed E-state index contributed by atoms with van der Waals surface area (Å²) in [5.41, 5.74) is 5.56. The van der Waals surface area contributed by atoms with Crippen LogP contribution in [0.3, 0.4) is 0 Å². The van der Waals surface area contributed by atoms with Gasteiger partial charge in [0.25, 0.3) is 0 Å². The fourth-order valence-electron chi connectivity index (χ4n) is 1.03. The summed E-state index contributed by atoms with van der Waals surface area (Å²) in [6, 6.07) is 2.16. The second kappa shape index (κ2) is 5.24. The second-order valence-corrected chi connectivity index (χ2v) is 3.13. The van der Waals surface area contributed by atoms with E-state index in [0.717, 1.165) is 12.1 Å². The molecule has 3 N–H and O–H groups in total. The zero-order valence-electron chi connectivity index (χ0n) is 8.34. The highest BCUT2D eigenvalue weighted by atomic mass is 19.2. The molecule has 1 aromatic rings. The number of carbonyl (C=O) groups excluding carboxylic acids is 1. The lowest BCUT2D eigenvalue weighted by atomic mass is 10.2. The molecule has 3 nitrogen and oxygen atoms in total. The van der Waals surface area contributed by atoms with Crippen LogP contribution in [0.1, 0.15) is 6.42 Å². The Labute approximate surface area is 91.6 Å². The molecular weight excluding hydrogens is 214 g/mol. The number of amides is 1. The van der Waals surface area contributed by atoms with Crippen LogP contribution in [0, 0.1) is 24.0 Å². The first kappa shape index (κ1) is 12.1. The van der Waals surface area contributed by atoms with E-state index in [0.29, 0.717) is 0 Å². The molecule has 0 bridgehead atoms. The van der Waals surface area contributed by atoms with Gasteiger partial charge in [0.2, 0.25) is 5.91 Å². The number of rotatable bonds is 3. The minimum atomic E-state index is -1.04. The Kier molecular flexibility index (Phi) is 3.97. The van der Waals surface area contributed by atoms with Crippen LogP contribution in [-0.4, -0.2) is 11.9 Å². The van der Waals surface area contributed by atoms with Gasteiger partial charge in [0.05, 0.1) is 6.04 Å². The number of carbonyl (C=O) groups is 1. The van der Waals surface area contributed by atoms with Crippen LogP contribution in [0.4, 0.5) is 14.5 Å². The summed E-state index contributed by atoms with van der Waals surface area (Å²) >= 11 is 0. The molecule has 1 unspecified atom stereocenters. The molecule has 0 saturated carbocycles. The normalized spacial score (nSPS) is 11.6. The van der Waals surface area contributed by atoms with Gasteiger partial charge in [0, 0.05) is 18.2 Å². The molecule has 0 aliphatic carbocycles. The Morgan fingerprint density at radius 3 is 2.75 bits per heavy atom. The van der Waals surface area contributed by atoms with Crippen molar-refractivity contribution in [3.05, 3.63) is 29.8 Å². The van der Waals surface area contributed by atoms with Gasteiger partial charge in [-0.1, -0.05) is 0 Å². The molecule has 1 aromatic carbocycles. The van der Waals surface area contributed by atoms with Crippen molar-refractivity contribution in [2.45, 2.75) is 12.5 Å². The average molecular weight is 224 g/mol. The van der Waals surface area contributed by atoms with Gasteiger partial charge in [0.15, 0.2) is 11.6 Å². The van der Waals surface area contributed by atoms with Crippen molar-refractivity contribution in [2.24, 2.45) is 5.73 Å². The molecule has 1 amide bonds. The highest BCUT2D eigenvalue weighted by Crippen LogP contribution is 2.13. The van der Waals surface area contributed by atoms with Crippen molar-refractivity contribution in [3.63, 3.8) is 0 Å². The molecule has 0 aliphatic rings. The molecule has 0 fully saturated rings. The third-order valence-electron chi connectivity index (χ3n) is 1.86. The zero-order chi connectivity index (χ0) is 12.1. The molecule has 84 valence electrons. The summed E-state index contributed by atoms with van der Waals surface area (Å²) in [7, 11) is 0. The Morgan fingerprint density at radius 1 is 1.50 bits per heavy atom. The van der Waals surface area contributed by atoms with Gasteiger partial charge < -0.3 is 11.1 Å². The van der Waals surface area contributed by atoms with Gasteiger partial charge in [-0.15, -0.1) is 12.3 Å². The Balaban J connectivity index is 2.70. The first-order valence-corrected chi connectivity index (χ1v) is 4.49. The first-order valence-electron chi connectivity index (χ1n) is 4.49. The molecule has 0 spiro atoms. The third kappa shape index (κ3) is 3.04. The van der Waals surface area contributed by atoms with E-state index in [1.54, 1.807) is 0 Å². The minimum absolute atomic E-state index is 0.0789. The molecule has 16 heavy (non-hydrogen) atoms. The highest BCUT2D eigenvalue weighted by molar-refractivity contribution is 5.94.